The third-order valence-corrected chi connectivity index (χ3v) is 3.64. The van der Waals surface area contributed by atoms with Crippen LogP contribution in [0.4, 0.5) is 15.8 Å². The number of rotatable bonds is 4. The van der Waals surface area contributed by atoms with E-state index in [1.54, 1.807) is 0 Å². The molecule has 0 spiro atoms. The highest BCUT2D eigenvalue weighted by Crippen LogP contribution is 2.36. The Morgan fingerprint density at radius 3 is 2.52 bits per heavy atom. The molecule has 0 aromatic heterocycles. The lowest BCUT2D eigenvalue weighted by atomic mass is 10.1. The molecule has 25 heavy (non-hydrogen) atoms. The quantitative estimate of drug-likeness (QED) is 0.446. The van der Waals surface area contributed by atoms with Gasteiger partial charge in [0, 0.05) is 12.1 Å². The first-order valence-corrected chi connectivity index (χ1v) is 7.08. The maximum atomic E-state index is 14.0. The summed E-state index contributed by atoms with van der Waals surface area (Å²) in [6.45, 7) is -0.497. The van der Waals surface area contributed by atoms with Crippen molar-refractivity contribution in [2.45, 2.75) is 0 Å². The Kier molecular flexibility index (Phi) is 5.55. The molecule has 1 aliphatic heterocycles. The van der Waals surface area contributed by atoms with Gasteiger partial charge in [-0.2, -0.15) is 4.39 Å². The van der Waals surface area contributed by atoms with E-state index >= 15 is 0 Å². The Balaban J connectivity index is 2.64. The van der Waals surface area contributed by atoms with Crippen molar-refractivity contribution in [3.63, 3.8) is 0 Å². The van der Waals surface area contributed by atoms with Gasteiger partial charge in [0.1, 0.15) is 12.4 Å². The molecule has 9 nitrogen and oxygen atoms in total. The first-order chi connectivity index (χ1) is 11.8. The van der Waals surface area contributed by atoms with Crippen molar-refractivity contribution >= 4 is 34.9 Å². The predicted octanol–water partition coefficient (Wildman–Crippen LogP) is 1.78. The van der Waals surface area contributed by atoms with Crippen LogP contribution in [0.5, 0.6) is 0 Å². The summed E-state index contributed by atoms with van der Waals surface area (Å²) < 4.78 is 28.4. The van der Waals surface area contributed by atoms with Gasteiger partial charge in [0.25, 0.3) is 0 Å². The summed E-state index contributed by atoms with van der Waals surface area (Å²) in [7, 11) is 2.21. The average molecular weight is 375 g/mol. The number of carbonyl (C=O) groups is 2. The fourth-order valence-electron chi connectivity index (χ4n) is 2.21. The second kappa shape index (κ2) is 7.45. The molecule has 0 fully saturated rings. The van der Waals surface area contributed by atoms with Crippen molar-refractivity contribution in [1.29, 1.82) is 0 Å². The van der Waals surface area contributed by atoms with Gasteiger partial charge in [-0.3, -0.25) is 10.1 Å². The van der Waals surface area contributed by atoms with E-state index < -0.39 is 28.4 Å². The van der Waals surface area contributed by atoms with Crippen LogP contribution >= 0.6 is 11.6 Å². The molecule has 0 aliphatic carbocycles. The number of carbonyl (C=O) groups excluding carboxylic acids is 2. The van der Waals surface area contributed by atoms with Crippen LogP contribution in [0, 0.1) is 15.9 Å². The highest BCUT2D eigenvalue weighted by molar-refractivity contribution is 6.33. The summed E-state index contributed by atoms with van der Waals surface area (Å²) in [6, 6.07) is 1.57. The van der Waals surface area contributed by atoms with E-state index in [1.165, 1.54) is 0 Å². The van der Waals surface area contributed by atoms with Crippen molar-refractivity contribution in [2.24, 2.45) is 0 Å². The topological polar surface area (TPSA) is 108 Å². The van der Waals surface area contributed by atoms with E-state index in [0.29, 0.717) is 0 Å². The third-order valence-electron chi connectivity index (χ3n) is 3.34. The number of nitro groups is 1. The Morgan fingerprint density at radius 2 is 1.96 bits per heavy atom. The van der Waals surface area contributed by atoms with Crippen molar-refractivity contribution in [1.82, 2.24) is 0 Å². The first kappa shape index (κ1) is 18.6. The monoisotopic (exact) mass is 374 g/mol. The number of benzene rings is 1. The number of halogens is 2. The predicted molar refractivity (Wildman–Crippen MR) is 82.4 cm³/mol. The number of methoxy groups -OCH3 is 2. The summed E-state index contributed by atoms with van der Waals surface area (Å²) in [5.41, 5.74) is -1.35. The van der Waals surface area contributed by atoms with E-state index in [-0.39, 0.29) is 35.3 Å². The van der Waals surface area contributed by atoms with Gasteiger partial charge >= 0.3 is 17.6 Å². The van der Waals surface area contributed by atoms with Crippen molar-refractivity contribution in [3.8, 4) is 0 Å². The minimum atomic E-state index is -1.17. The van der Waals surface area contributed by atoms with Crippen LogP contribution in [0.15, 0.2) is 23.4 Å². The van der Waals surface area contributed by atoms with Crippen LogP contribution < -0.4 is 4.90 Å². The Morgan fingerprint density at radius 1 is 1.32 bits per heavy atom. The standard InChI is InChI=1S/C14H12ClFN2O7/c1-23-13(19)7-5-25-6-17(12(7)14(20)24-2)10-4-9(16)11(18(21)22)3-8(10)15/h3-4H,5-6H2,1-2H3. The van der Waals surface area contributed by atoms with Crippen molar-refractivity contribution in [2.75, 3.05) is 32.5 Å². The number of hydrogen-bond donors (Lipinski definition) is 0. The second-order valence-electron chi connectivity index (χ2n) is 4.73. The number of anilines is 1. The summed E-state index contributed by atoms with van der Waals surface area (Å²) in [4.78, 5) is 34.9. The molecule has 11 heteroatoms. The first-order valence-electron chi connectivity index (χ1n) is 6.70. The lowest BCUT2D eigenvalue weighted by molar-refractivity contribution is -0.387. The Labute approximate surface area is 145 Å². The molecule has 0 N–H and O–H groups in total. The molecule has 0 saturated carbocycles. The Hall–Kier alpha value is -2.72. The normalized spacial score (nSPS) is 14.3. The number of hydrogen-bond acceptors (Lipinski definition) is 8. The molecular weight excluding hydrogens is 363 g/mol. The lowest BCUT2D eigenvalue weighted by Crippen LogP contribution is -2.39. The van der Waals surface area contributed by atoms with E-state index in [9.17, 15) is 24.1 Å². The molecule has 1 heterocycles. The van der Waals surface area contributed by atoms with Crippen molar-refractivity contribution in [3.05, 3.63) is 44.4 Å². The van der Waals surface area contributed by atoms with Gasteiger partial charge in [0.2, 0.25) is 5.82 Å². The molecule has 1 aliphatic rings. The fraction of sp³-hybridized carbons (Fsp3) is 0.286. The molecule has 134 valence electrons. The molecular formula is C14H12ClFN2O7. The fourth-order valence-corrected chi connectivity index (χ4v) is 2.47. The third kappa shape index (κ3) is 3.54. The zero-order chi connectivity index (χ0) is 18.7. The average Bonchev–Trinajstić information content (AvgIpc) is 2.61. The number of ether oxygens (including phenoxy) is 3. The maximum absolute atomic E-state index is 14.0. The van der Waals surface area contributed by atoms with E-state index in [1.807, 2.05) is 0 Å². The van der Waals surface area contributed by atoms with Crippen LogP contribution in [-0.4, -0.2) is 44.4 Å². The maximum Gasteiger partial charge on any atom is 0.355 e. The minimum absolute atomic E-state index is 0.105. The second-order valence-corrected chi connectivity index (χ2v) is 5.14. The summed E-state index contributed by atoms with van der Waals surface area (Å²) in [5, 5.41) is 10.6. The zero-order valence-electron chi connectivity index (χ0n) is 13.1. The van der Waals surface area contributed by atoms with E-state index in [4.69, 9.17) is 16.3 Å². The van der Waals surface area contributed by atoms with E-state index in [0.717, 1.165) is 31.3 Å². The highest BCUT2D eigenvalue weighted by atomic mass is 35.5. The van der Waals surface area contributed by atoms with Crippen LogP contribution in [0.25, 0.3) is 0 Å². The van der Waals surface area contributed by atoms with E-state index in [2.05, 4.69) is 9.47 Å². The van der Waals surface area contributed by atoms with Crippen LogP contribution in [0.2, 0.25) is 5.02 Å². The minimum Gasteiger partial charge on any atom is -0.466 e. The molecule has 1 aromatic rings. The molecule has 0 amide bonds. The number of esters is 2. The molecule has 0 radical (unpaired) electrons. The smallest absolute Gasteiger partial charge is 0.355 e. The largest absolute Gasteiger partial charge is 0.466 e. The SMILES string of the molecule is COC(=O)C1=C(C(=O)OC)N(c2cc(F)c([N+](=O)[O-])cc2Cl)COC1. The summed E-state index contributed by atoms with van der Waals surface area (Å²) >= 11 is 5.99. The van der Waals surface area contributed by atoms with Gasteiger partial charge in [-0.25, -0.2) is 9.59 Å². The van der Waals surface area contributed by atoms with Crippen LogP contribution in [0.1, 0.15) is 0 Å². The summed E-state index contributed by atoms with van der Waals surface area (Å²) in [6.07, 6.45) is 0. The van der Waals surface area contributed by atoms with Crippen molar-refractivity contribution < 1.29 is 33.1 Å². The molecule has 0 atom stereocenters. The van der Waals surface area contributed by atoms with Gasteiger partial charge in [0.05, 0.1) is 42.0 Å². The number of nitrogens with zero attached hydrogens (tertiary/aromatic N) is 2. The highest BCUT2D eigenvalue weighted by Gasteiger charge is 2.34. The molecule has 0 saturated heterocycles. The van der Waals surface area contributed by atoms with Gasteiger partial charge in [-0.1, -0.05) is 11.6 Å². The van der Waals surface area contributed by atoms with Gasteiger partial charge in [-0.05, 0) is 0 Å². The number of nitro benzene ring substituents is 1. The molecule has 0 bridgehead atoms. The van der Waals surface area contributed by atoms with Gasteiger partial charge in [-0.15, -0.1) is 0 Å². The lowest BCUT2D eigenvalue weighted by Gasteiger charge is -2.31. The zero-order valence-corrected chi connectivity index (χ0v) is 13.8. The van der Waals surface area contributed by atoms with Crippen LogP contribution in [-0.2, 0) is 23.8 Å². The van der Waals surface area contributed by atoms with Gasteiger partial charge < -0.3 is 19.1 Å². The molecule has 2 rings (SSSR count). The molecule has 0 unspecified atom stereocenters. The van der Waals surface area contributed by atoms with Crippen LogP contribution in [0.3, 0.4) is 0 Å². The molecule has 1 aromatic carbocycles. The van der Waals surface area contributed by atoms with Gasteiger partial charge in [0.15, 0.2) is 0 Å². The Bertz CT molecular complexity index is 781. The summed E-state index contributed by atoms with van der Waals surface area (Å²) in [5.74, 6) is -2.92.